The van der Waals surface area contributed by atoms with Gasteiger partial charge < -0.3 is 10.8 Å². The van der Waals surface area contributed by atoms with Gasteiger partial charge >= 0.3 is 5.97 Å². The molecule has 22 heavy (non-hydrogen) atoms. The van der Waals surface area contributed by atoms with Gasteiger partial charge in [-0.2, -0.15) is 0 Å². The van der Waals surface area contributed by atoms with E-state index in [1.165, 1.54) is 18.2 Å². The second kappa shape index (κ2) is 7.72. The first kappa shape index (κ1) is 17.9. The summed E-state index contributed by atoms with van der Waals surface area (Å²) in [6.07, 6.45) is 0. The molecule has 0 fully saturated rings. The molecule has 116 valence electrons. The number of nitrogens with two attached hydrogens (primary N) is 1. The van der Waals surface area contributed by atoms with Gasteiger partial charge in [0, 0.05) is 17.0 Å². The van der Waals surface area contributed by atoms with Crippen molar-refractivity contribution < 1.29 is 14.7 Å². The van der Waals surface area contributed by atoms with Crippen LogP contribution >= 0.6 is 23.2 Å². The smallest absolute Gasteiger partial charge is 0.335 e. The van der Waals surface area contributed by atoms with Crippen LogP contribution < -0.4 is 5.73 Å². The number of nitrogens with zero attached hydrogens (tertiary/aromatic N) is 2. The maximum absolute atomic E-state index is 10.6. The summed E-state index contributed by atoms with van der Waals surface area (Å²) in [6, 6.07) is 5.82. The van der Waals surface area contributed by atoms with Crippen molar-refractivity contribution in [1.29, 1.82) is 0 Å². The average Bonchev–Trinajstić information content (AvgIpc) is 2.37. The number of carbonyl (C=O) groups excluding carboxylic acids is 1. The van der Waals surface area contributed by atoms with Gasteiger partial charge in [-0.15, -0.1) is 0 Å². The highest BCUT2D eigenvalue weighted by atomic mass is 35.5. The lowest BCUT2D eigenvalue weighted by Crippen LogP contribution is -2.11. The number of halogens is 2. The van der Waals surface area contributed by atoms with Gasteiger partial charge in [0.2, 0.25) is 5.91 Å². The van der Waals surface area contributed by atoms with Gasteiger partial charge in [-0.05, 0) is 38.1 Å². The zero-order valence-electron chi connectivity index (χ0n) is 11.8. The number of rotatable bonds is 2. The van der Waals surface area contributed by atoms with Gasteiger partial charge in [-0.1, -0.05) is 23.2 Å². The van der Waals surface area contributed by atoms with E-state index in [1.54, 1.807) is 19.9 Å². The Kier molecular flexibility index (Phi) is 6.27. The van der Waals surface area contributed by atoms with Crippen LogP contribution in [0.4, 0.5) is 0 Å². The van der Waals surface area contributed by atoms with Crippen LogP contribution in [0.3, 0.4) is 0 Å². The lowest BCUT2D eigenvalue weighted by Gasteiger charge is -1.97. The Balaban J connectivity index is 0.000000220. The van der Waals surface area contributed by atoms with Crippen LogP contribution in [0.1, 0.15) is 32.1 Å². The van der Waals surface area contributed by atoms with E-state index in [0.29, 0.717) is 22.1 Å². The van der Waals surface area contributed by atoms with E-state index in [-0.39, 0.29) is 10.7 Å². The van der Waals surface area contributed by atoms with Crippen molar-refractivity contribution in [3.8, 4) is 0 Å². The number of carboxylic acids is 1. The molecule has 0 atom stereocenters. The number of primary amides is 1. The standard InChI is InChI=1S/C7H7ClN2O.C7H6ClNO2/c1-4-2-5(7(9)11)3-6(8)10-4;1-4-2-5(7(10)11)3-6(8)9-4/h2-3H,1H3,(H2,9,11);2-3H,1H3,(H,10,11). The molecule has 6 nitrogen and oxygen atoms in total. The summed E-state index contributed by atoms with van der Waals surface area (Å²) < 4.78 is 0. The highest BCUT2D eigenvalue weighted by Crippen LogP contribution is 2.10. The van der Waals surface area contributed by atoms with Gasteiger partial charge in [0.25, 0.3) is 0 Å². The first-order valence-electron chi connectivity index (χ1n) is 6.00. The lowest BCUT2D eigenvalue weighted by molar-refractivity contribution is 0.0696. The second-order valence-electron chi connectivity index (χ2n) is 4.31. The fourth-order valence-electron chi connectivity index (χ4n) is 1.52. The molecule has 8 heteroatoms. The van der Waals surface area contributed by atoms with Gasteiger partial charge in [0.15, 0.2) is 0 Å². The molecule has 0 aromatic carbocycles. The molecule has 2 heterocycles. The topological polar surface area (TPSA) is 106 Å². The van der Waals surface area contributed by atoms with Crippen LogP contribution in [-0.4, -0.2) is 27.0 Å². The summed E-state index contributed by atoms with van der Waals surface area (Å²) in [5, 5.41) is 9.05. The highest BCUT2D eigenvalue weighted by Gasteiger charge is 2.04. The van der Waals surface area contributed by atoms with E-state index in [1.807, 2.05) is 0 Å². The van der Waals surface area contributed by atoms with Crippen LogP contribution in [-0.2, 0) is 0 Å². The second-order valence-corrected chi connectivity index (χ2v) is 5.08. The van der Waals surface area contributed by atoms with Crippen molar-refractivity contribution >= 4 is 35.1 Å². The van der Waals surface area contributed by atoms with Crippen LogP contribution in [0.25, 0.3) is 0 Å². The van der Waals surface area contributed by atoms with Crippen LogP contribution in [0.2, 0.25) is 10.3 Å². The van der Waals surface area contributed by atoms with Gasteiger partial charge in [0.1, 0.15) is 10.3 Å². The van der Waals surface area contributed by atoms with E-state index in [2.05, 4.69) is 9.97 Å². The molecule has 0 spiro atoms. The number of pyridine rings is 2. The van der Waals surface area contributed by atoms with Crippen molar-refractivity contribution in [2.45, 2.75) is 13.8 Å². The average molecular weight is 342 g/mol. The van der Waals surface area contributed by atoms with E-state index in [4.69, 9.17) is 34.0 Å². The molecule has 1 amide bonds. The number of amides is 1. The van der Waals surface area contributed by atoms with Crippen LogP contribution in [0.5, 0.6) is 0 Å². The van der Waals surface area contributed by atoms with E-state index in [0.717, 1.165) is 0 Å². The summed E-state index contributed by atoms with van der Waals surface area (Å²) >= 11 is 11.1. The molecule has 0 aliphatic carbocycles. The summed E-state index contributed by atoms with van der Waals surface area (Å²) in [7, 11) is 0. The van der Waals surface area contributed by atoms with E-state index < -0.39 is 11.9 Å². The molecule has 2 aromatic rings. The highest BCUT2D eigenvalue weighted by molar-refractivity contribution is 6.30. The third-order valence-corrected chi connectivity index (χ3v) is 2.76. The molecule has 0 radical (unpaired) electrons. The monoisotopic (exact) mass is 341 g/mol. The van der Waals surface area contributed by atoms with E-state index in [9.17, 15) is 9.59 Å². The Morgan fingerprint density at radius 1 is 0.955 bits per heavy atom. The first-order valence-corrected chi connectivity index (χ1v) is 6.76. The minimum atomic E-state index is -0.989. The predicted molar refractivity (Wildman–Crippen MR) is 83.4 cm³/mol. The maximum Gasteiger partial charge on any atom is 0.335 e. The number of carboxylic acid groups (broad SMARTS) is 1. The normalized spacial score (nSPS) is 9.64. The SMILES string of the molecule is Cc1cc(C(=O)O)cc(Cl)n1.Cc1cc(C(N)=O)cc(Cl)n1. The first-order chi connectivity index (χ1) is 10.2. The molecule has 2 aromatic heterocycles. The third-order valence-electron chi connectivity index (χ3n) is 2.38. The quantitative estimate of drug-likeness (QED) is 0.816. The molecule has 0 aliphatic heterocycles. The van der Waals surface area contributed by atoms with Gasteiger partial charge in [-0.3, -0.25) is 4.79 Å². The Labute approximate surface area is 136 Å². The third kappa shape index (κ3) is 5.67. The Hall–Kier alpha value is -2.18. The van der Waals surface area contributed by atoms with E-state index >= 15 is 0 Å². The maximum atomic E-state index is 10.6. The zero-order chi connectivity index (χ0) is 16.9. The van der Waals surface area contributed by atoms with Crippen molar-refractivity contribution in [2.75, 3.05) is 0 Å². The molecule has 0 unspecified atom stereocenters. The summed E-state index contributed by atoms with van der Waals surface area (Å²) in [4.78, 5) is 28.8. The molecule has 0 saturated carbocycles. The van der Waals surface area contributed by atoms with Crippen molar-refractivity contribution in [1.82, 2.24) is 9.97 Å². The molecule has 2 rings (SSSR count). The summed E-state index contributed by atoms with van der Waals surface area (Å²) in [5.74, 6) is -1.48. The number of carbonyl (C=O) groups is 2. The fourth-order valence-corrected chi connectivity index (χ4v) is 2.02. The molecule has 0 bridgehead atoms. The minimum Gasteiger partial charge on any atom is -0.478 e. The van der Waals surface area contributed by atoms with Crippen LogP contribution in [0.15, 0.2) is 24.3 Å². The molecular formula is C14H13Cl2N3O3. The van der Waals surface area contributed by atoms with Crippen molar-refractivity contribution in [3.05, 3.63) is 57.1 Å². The van der Waals surface area contributed by atoms with Crippen molar-refractivity contribution in [3.63, 3.8) is 0 Å². The summed E-state index contributed by atoms with van der Waals surface area (Å²) in [5.41, 5.74) is 6.88. The number of hydrogen-bond donors (Lipinski definition) is 2. The largest absolute Gasteiger partial charge is 0.478 e. The van der Waals surface area contributed by atoms with Gasteiger partial charge in [0.05, 0.1) is 5.56 Å². The van der Waals surface area contributed by atoms with Crippen LogP contribution in [0, 0.1) is 13.8 Å². The zero-order valence-corrected chi connectivity index (χ0v) is 13.3. The summed E-state index contributed by atoms with van der Waals surface area (Å²) in [6.45, 7) is 3.44. The minimum absolute atomic E-state index is 0.169. The number of aryl methyl sites for hydroxylation is 2. The predicted octanol–water partition coefficient (Wildman–Crippen LogP) is 2.88. The Morgan fingerprint density at radius 3 is 1.73 bits per heavy atom. The molecular weight excluding hydrogens is 329 g/mol. The number of aromatic carboxylic acids is 1. The molecule has 3 N–H and O–H groups in total. The molecule has 0 saturated heterocycles. The fraction of sp³-hybridized carbons (Fsp3) is 0.143. The lowest BCUT2D eigenvalue weighted by atomic mass is 10.2. The number of hydrogen-bond acceptors (Lipinski definition) is 4. The Morgan fingerprint density at radius 2 is 1.36 bits per heavy atom. The van der Waals surface area contributed by atoms with Crippen molar-refractivity contribution in [2.24, 2.45) is 5.73 Å². The molecule has 0 aliphatic rings. The van der Waals surface area contributed by atoms with Gasteiger partial charge in [-0.25, -0.2) is 14.8 Å². The Bertz CT molecular complexity index is 618. The number of aromatic nitrogens is 2.